The molecule has 0 spiro atoms. The van der Waals surface area contributed by atoms with E-state index in [9.17, 15) is 4.79 Å². The molecule has 0 aromatic carbocycles. The van der Waals surface area contributed by atoms with Gasteiger partial charge in [0, 0.05) is 12.5 Å². The number of carbonyl (C=O) groups excluding carboxylic acids is 1. The lowest BCUT2D eigenvalue weighted by atomic mass is 10.1. The highest BCUT2D eigenvalue weighted by Crippen LogP contribution is 1.95. The summed E-state index contributed by atoms with van der Waals surface area (Å²) in [5.41, 5.74) is 0. The van der Waals surface area contributed by atoms with Gasteiger partial charge in [0.2, 0.25) is 0 Å². The second-order valence-electron chi connectivity index (χ2n) is 3.47. The van der Waals surface area contributed by atoms with Crippen molar-refractivity contribution in [2.45, 2.75) is 45.6 Å². The van der Waals surface area contributed by atoms with Gasteiger partial charge in [-0.2, -0.15) is 0 Å². The second-order valence-corrected chi connectivity index (χ2v) is 3.47. The van der Waals surface area contributed by atoms with E-state index in [0.29, 0.717) is 13.0 Å². The van der Waals surface area contributed by atoms with E-state index in [2.05, 4.69) is 18.2 Å². The average molecular weight is 211 g/mol. The van der Waals surface area contributed by atoms with Gasteiger partial charge in [-0.15, -0.1) is 12.3 Å². The fraction of sp³-hybridized carbons (Fsp3) is 0.750. The predicted octanol–water partition coefficient (Wildman–Crippen LogP) is 1.72. The Hall–Kier alpha value is -1.01. The van der Waals surface area contributed by atoms with Gasteiger partial charge in [0.15, 0.2) is 0 Å². The van der Waals surface area contributed by atoms with Crippen LogP contribution in [0.5, 0.6) is 0 Å². The Morgan fingerprint density at radius 1 is 1.53 bits per heavy atom. The maximum Gasteiger partial charge on any atom is 0.319 e. The minimum Gasteiger partial charge on any atom is -0.465 e. The van der Waals surface area contributed by atoms with E-state index in [1.165, 1.54) is 0 Å². The second kappa shape index (κ2) is 9.54. The minimum atomic E-state index is -0.195. The first-order valence-corrected chi connectivity index (χ1v) is 5.57. The molecule has 1 unspecified atom stereocenters. The maximum absolute atomic E-state index is 11.2. The number of hydrogen-bond acceptors (Lipinski definition) is 3. The minimum absolute atomic E-state index is 0.195. The Labute approximate surface area is 92.6 Å². The van der Waals surface area contributed by atoms with E-state index in [0.717, 1.165) is 19.3 Å². The lowest BCUT2D eigenvalue weighted by molar-refractivity contribution is -0.142. The number of terminal acetylenes is 1. The molecule has 0 saturated carbocycles. The predicted molar refractivity (Wildman–Crippen MR) is 61.4 cm³/mol. The summed E-state index contributed by atoms with van der Waals surface area (Å²) in [6.07, 6.45) is 8.74. The summed E-state index contributed by atoms with van der Waals surface area (Å²) in [7, 11) is 0. The molecule has 0 fully saturated rings. The van der Waals surface area contributed by atoms with Gasteiger partial charge in [0.05, 0.1) is 13.2 Å². The number of esters is 1. The summed E-state index contributed by atoms with van der Waals surface area (Å²) < 4.78 is 5.00. The van der Waals surface area contributed by atoms with E-state index < -0.39 is 0 Å². The number of hydrogen-bond donors (Lipinski definition) is 1. The van der Waals surface area contributed by atoms with Crippen LogP contribution >= 0.6 is 0 Å². The molecule has 0 saturated heterocycles. The van der Waals surface area contributed by atoms with Crippen molar-refractivity contribution in [1.29, 1.82) is 0 Å². The van der Waals surface area contributed by atoms with Crippen LogP contribution in [0.4, 0.5) is 0 Å². The first-order chi connectivity index (χ1) is 7.24. The molecule has 0 rings (SSSR count). The highest BCUT2D eigenvalue weighted by Gasteiger charge is 2.07. The summed E-state index contributed by atoms with van der Waals surface area (Å²) in [5, 5.41) is 3.08. The number of carbonyl (C=O) groups is 1. The molecule has 86 valence electrons. The molecule has 3 nitrogen and oxygen atoms in total. The van der Waals surface area contributed by atoms with Crippen LogP contribution < -0.4 is 5.32 Å². The molecule has 0 aromatic rings. The molecule has 0 radical (unpaired) electrons. The maximum atomic E-state index is 11.2. The van der Waals surface area contributed by atoms with Crippen molar-refractivity contribution in [2.75, 3.05) is 13.2 Å². The fourth-order valence-electron chi connectivity index (χ4n) is 1.11. The Bertz CT molecular complexity index is 208. The summed E-state index contributed by atoms with van der Waals surface area (Å²) >= 11 is 0. The van der Waals surface area contributed by atoms with Crippen molar-refractivity contribution in [1.82, 2.24) is 5.32 Å². The van der Waals surface area contributed by atoms with E-state index in [1.807, 2.05) is 6.92 Å². The summed E-state index contributed by atoms with van der Waals surface area (Å²) in [6, 6.07) is 0.216. The zero-order valence-electron chi connectivity index (χ0n) is 9.71. The van der Waals surface area contributed by atoms with Crippen molar-refractivity contribution in [3.63, 3.8) is 0 Å². The molecule has 1 N–H and O–H groups in total. The van der Waals surface area contributed by atoms with Gasteiger partial charge >= 0.3 is 5.97 Å². The number of unbranched alkanes of at least 4 members (excludes halogenated alkanes) is 1. The monoisotopic (exact) mass is 211 g/mol. The van der Waals surface area contributed by atoms with Gasteiger partial charge in [0.1, 0.15) is 0 Å². The molecule has 0 aliphatic rings. The van der Waals surface area contributed by atoms with Gasteiger partial charge in [-0.3, -0.25) is 4.79 Å². The molecule has 3 heteroatoms. The molecule has 0 aliphatic heterocycles. The molecular formula is C12H21NO2. The average Bonchev–Trinajstić information content (AvgIpc) is 2.24. The first-order valence-electron chi connectivity index (χ1n) is 5.57. The van der Waals surface area contributed by atoms with Gasteiger partial charge in [-0.1, -0.05) is 20.3 Å². The van der Waals surface area contributed by atoms with Crippen molar-refractivity contribution in [3.05, 3.63) is 0 Å². The first kappa shape index (κ1) is 14.0. The van der Waals surface area contributed by atoms with E-state index in [1.54, 1.807) is 0 Å². The molecular weight excluding hydrogens is 190 g/mol. The Morgan fingerprint density at radius 3 is 2.80 bits per heavy atom. The van der Waals surface area contributed by atoms with Crippen LogP contribution in [0, 0.1) is 12.3 Å². The van der Waals surface area contributed by atoms with Crippen molar-refractivity contribution in [2.24, 2.45) is 0 Å². The molecule has 0 bridgehead atoms. The van der Waals surface area contributed by atoms with Crippen LogP contribution in [0.2, 0.25) is 0 Å². The Balaban J connectivity index is 3.55. The largest absolute Gasteiger partial charge is 0.465 e. The lowest BCUT2D eigenvalue weighted by Crippen LogP contribution is -2.33. The van der Waals surface area contributed by atoms with Crippen LogP contribution in [0.3, 0.4) is 0 Å². The molecule has 1 atom stereocenters. The lowest BCUT2D eigenvalue weighted by Gasteiger charge is -2.13. The number of nitrogens with one attached hydrogen (secondary N) is 1. The van der Waals surface area contributed by atoms with Crippen molar-refractivity contribution < 1.29 is 9.53 Å². The highest BCUT2D eigenvalue weighted by atomic mass is 16.5. The molecule has 15 heavy (non-hydrogen) atoms. The van der Waals surface area contributed by atoms with E-state index in [-0.39, 0.29) is 18.6 Å². The molecule has 0 amide bonds. The van der Waals surface area contributed by atoms with Crippen LogP contribution in [0.15, 0.2) is 0 Å². The van der Waals surface area contributed by atoms with Crippen LogP contribution in [0.1, 0.15) is 39.5 Å². The fourth-order valence-corrected chi connectivity index (χ4v) is 1.11. The molecule has 0 heterocycles. The van der Waals surface area contributed by atoms with E-state index in [4.69, 9.17) is 11.2 Å². The molecule has 0 aromatic heterocycles. The smallest absolute Gasteiger partial charge is 0.319 e. The highest BCUT2D eigenvalue weighted by molar-refractivity contribution is 5.71. The number of rotatable bonds is 8. The van der Waals surface area contributed by atoms with Crippen molar-refractivity contribution in [3.8, 4) is 12.3 Å². The Morgan fingerprint density at radius 2 is 2.27 bits per heavy atom. The quantitative estimate of drug-likeness (QED) is 0.377. The summed E-state index contributed by atoms with van der Waals surface area (Å²) in [4.78, 5) is 11.2. The molecule has 0 aliphatic carbocycles. The third kappa shape index (κ3) is 8.02. The van der Waals surface area contributed by atoms with Crippen molar-refractivity contribution >= 4 is 5.97 Å². The van der Waals surface area contributed by atoms with Gasteiger partial charge in [-0.25, -0.2) is 0 Å². The van der Waals surface area contributed by atoms with Crippen LogP contribution in [0.25, 0.3) is 0 Å². The van der Waals surface area contributed by atoms with Crippen LogP contribution in [-0.2, 0) is 9.53 Å². The Kier molecular flexibility index (Phi) is 8.90. The normalized spacial score (nSPS) is 11.8. The van der Waals surface area contributed by atoms with Crippen LogP contribution in [-0.4, -0.2) is 25.2 Å². The zero-order chi connectivity index (χ0) is 11.5. The SMILES string of the molecule is C#CCC(CC)NCC(=O)OCCCC. The standard InChI is InChI=1S/C12H21NO2/c1-4-7-9-15-12(14)10-13-11(6-3)8-5-2/h2,11,13H,4,6-10H2,1,3H3. The topological polar surface area (TPSA) is 38.3 Å². The van der Waals surface area contributed by atoms with Gasteiger partial charge in [0.25, 0.3) is 0 Å². The zero-order valence-corrected chi connectivity index (χ0v) is 9.71. The number of ether oxygens (including phenoxy) is 1. The third-order valence-corrected chi connectivity index (χ3v) is 2.15. The summed E-state index contributed by atoms with van der Waals surface area (Å²) in [5.74, 6) is 2.38. The van der Waals surface area contributed by atoms with Gasteiger partial charge in [-0.05, 0) is 12.8 Å². The summed E-state index contributed by atoms with van der Waals surface area (Å²) in [6.45, 7) is 4.87. The van der Waals surface area contributed by atoms with Gasteiger partial charge < -0.3 is 10.1 Å². The third-order valence-electron chi connectivity index (χ3n) is 2.15. The van der Waals surface area contributed by atoms with E-state index >= 15 is 0 Å².